The number of carbonyl (C=O) groups is 1. The van der Waals surface area contributed by atoms with E-state index in [4.69, 9.17) is 19.9 Å². The topological polar surface area (TPSA) is 127 Å². The molecule has 0 saturated carbocycles. The van der Waals surface area contributed by atoms with Crippen LogP contribution in [0.1, 0.15) is 24.0 Å². The Morgan fingerprint density at radius 1 is 0.976 bits per heavy atom. The molecule has 1 unspecified atom stereocenters. The van der Waals surface area contributed by atoms with E-state index >= 15 is 0 Å². The molecule has 0 radical (unpaired) electrons. The summed E-state index contributed by atoms with van der Waals surface area (Å²) in [5.74, 6) is -1.19. The number of thiazole rings is 1. The first kappa shape index (κ1) is 28.9. The van der Waals surface area contributed by atoms with Crippen LogP contribution >= 0.6 is 11.3 Å². The molecule has 2 heterocycles. The number of carbonyl (C=O) groups excluding carboxylic acids is 1. The molecule has 1 aliphatic rings. The van der Waals surface area contributed by atoms with Crippen LogP contribution in [0, 0.1) is 0 Å². The highest BCUT2D eigenvalue weighted by Gasteiger charge is 2.42. The maximum atomic E-state index is 14.3. The van der Waals surface area contributed by atoms with Crippen LogP contribution in [0.25, 0.3) is 17.5 Å². The molecule has 1 atom stereocenters. The Balaban J connectivity index is 1.92. The molecule has 5 rings (SSSR count). The minimum Gasteiger partial charge on any atom is -0.497 e. The summed E-state index contributed by atoms with van der Waals surface area (Å²) in [5.41, 5.74) is 7.17. The monoisotopic (exact) mass is 604 g/mol. The van der Waals surface area contributed by atoms with Crippen molar-refractivity contribution in [1.82, 2.24) is 4.57 Å². The van der Waals surface area contributed by atoms with Gasteiger partial charge in [0.05, 0.1) is 41.7 Å². The first-order chi connectivity index (χ1) is 20.2. The number of ether oxygens (including phenoxy) is 3. The molecule has 0 spiro atoms. The van der Waals surface area contributed by atoms with Crippen molar-refractivity contribution in [2.24, 2.45) is 5.73 Å². The number of fused-ring (bicyclic) bond motifs is 1. The molecule has 0 bridgehead atoms. The lowest BCUT2D eigenvalue weighted by molar-refractivity contribution is -0.136. The zero-order chi connectivity index (χ0) is 30.0. The molecule has 0 fully saturated rings. The number of methoxy groups -OCH3 is 2. The number of sulfone groups is 1. The van der Waals surface area contributed by atoms with Crippen LogP contribution in [0.15, 0.2) is 93.5 Å². The van der Waals surface area contributed by atoms with Gasteiger partial charge in [0.1, 0.15) is 26.9 Å². The molecule has 4 aromatic rings. The molecule has 216 valence electrons. The largest absolute Gasteiger partial charge is 0.497 e. The smallest absolute Gasteiger partial charge is 0.338 e. The second-order valence-electron chi connectivity index (χ2n) is 9.24. The van der Waals surface area contributed by atoms with Crippen LogP contribution < -0.4 is 30.0 Å². The fourth-order valence-electron chi connectivity index (χ4n) is 4.85. The van der Waals surface area contributed by atoms with Crippen LogP contribution in [-0.2, 0) is 19.4 Å². The van der Waals surface area contributed by atoms with E-state index in [1.54, 1.807) is 79.7 Å². The van der Waals surface area contributed by atoms with Gasteiger partial charge in [-0.15, -0.1) is 11.3 Å². The van der Waals surface area contributed by atoms with Crippen molar-refractivity contribution in [2.75, 3.05) is 20.8 Å². The van der Waals surface area contributed by atoms with E-state index in [0.29, 0.717) is 22.6 Å². The van der Waals surface area contributed by atoms with Gasteiger partial charge >= 0.3 is 5.97 Å². The summed E-state index contributed by atoms with van der Waals surface area (Å²) in [6, 6.07) is 21.6. The van der Waals surface area contributed by atoms with Crippen molar-refractivity contribution in [2.45, 2.75) is 17.7 Å². The number of allylic oxidation sites excluding steroid dienone is 1. The van der Waals surface area contributed by atoms with Crippen LogP contribution in [0.5, 0.6) is 11.5 Å². The number of esters is 1. The molecule has 0 amide bonds. The number of rotatable bonds is 8. The maximum Gasteiger partial charge on any atom is 0.338 e. The summed E-state index contributed by atoms with van der Waals surface area (Å²) in [4.78, 5) is 27.2. The first-order valence-electron chi connectivity index (χ1n) is 12.9. The number of aromatic nitrogens is 1. The molecule has 42 heavy (non-hydrogen) atoms. The molecule has 1 aliphatic heterocycles. The van der Waals surface area contributed by atoms with Crippen molar-refractivity contribution in [3.63, 3.8) is 0 Å². The SMILES string of the molecule is CCOC(=O)C1=c2s/c(=C\c3cccc(OC)c3)c(=O)n2C(N)=C(S(=O)(=O)c2ccccc2)C1c1cccc(OC)c1. The van der Waals surface area contributed by atoms with E-state index in [9.17, 15) is 18.0 Å². The number of nitrogens with zero attached hydrogens (tertiary/aromatic N) is 1. The molecular formula is C31H28N2O7S2. The fraction of sp³-hybridized carbons (Fsp3) is 0.161. The van der Waals surface area contributed by atoms with E-state index in [-0.39, 0.29) is 37.0 Å². The molecule has 0 saturated heterocycles. The van der Waals surface area contributed by atoms with Crippen LogP contribution in [-0.4, -0.2) is 39.8 Å². The first-order valence-corrected chi connectivity index (χ1v) is 15.2. The molecule has 1 aromatic heterocycles. The van der Waals surface area contributed by atoms with E-state index < -0.39 is 27.3 Å². The lowest BCUT2D eigenvalue weighted by atomic mass is 9.89. The highest BCUT2D eigenvalue weighted by Crippen LogP contribution is 2.42. The van der Waals surface area contributed by atoms with Gasteiger partial charge in [0.25, 0.3) is 5.56 Å². The average Bonchev–Trinajstić information content (AvgIpc) is 3.32. The predicted octanol–water partition coefficient (Wildman–Crippen LogP) is 2.83. The summed E-state index contributed by atoms with van der Waals surface area (Å²) in [6.07, 6.45) is 1.64. The van der Waals surface area contributed by atoms with Gasteiger partial charge in [0.2, 0.25) is 9.84 Å². The minimum absolute atomic E-state index is 0.0128. The van der Waals surface area contributed by atoms with Gasteiger partial charge in [0, 0.05) is 0 Å². The van der Waals surface area contributed by atoms with Crippen molar-refractivity contribution in [3.8, 4) is 11.5 Å². The maximum absolute atomic E-state index is 14.3. The number of hydrogen-bond donors (Lipinski definition) is 1. The van der Waals surface area contributed by atoms with Gasteiger partial charge in [-0.3, -0.25) is 9.36 Å². The Hall–Kier alpha value is -4.61. The van der Waals surface area contributed by atoms with Gasteiger partial charge in [-0.2, -0.15) is 0 Å². The third-order valence-electron chi connectivity index (χ3n) is 6.76. The molecule has 3 aromatic carbocycles. The van der Waals surface area contributed by atoms with E-state index in [0.717, 1.165) is 15.9 Å². The lowest BCUT2D eigenvalue weighted by Crippen LogP contribution is -2.41. The third kappa shape index (κ3) is 5.12. The minimum atomic E-state index is -4.32. The Kier molecular flexibility index (Phi) is 8.06. The van der Waals surface area contributed by atoms with E-state index in [2.05, 4.69) is 0 Å². The Labute approximate surface area is 246 Å². The second kappa shape index (κ2) is 11.7. The van der Waals surface area contributed by atoms with Gasteiger partial charge in [0.15, 0.2) is 0 Å². The second-order valence-corrected chi connectivity index (χ2v) is 12.2. The molecule has 11 heteroatoms. The highest BCUT2D eigenvalue weighted by atomic mass is 32.2. The van der Waals surface area contributed by atoms with Gasteiger partial charge in [-0.1, -0.05) is 42.5 Å². The van der Waals surface area contributed by atoms with Crippen molar-refractivity contribution >= 4 is 44.6 Å². The Morgan fingerprint density at radius 3 is 2.31 bits per heavy atom. The summed E-state index contributed by atoms with van der Waals surface area (Å²) in [7, 11) is -1.30. The van der Waals surface area contributed by atoms with Gasteiger partial charge in [-0.05, 0) is 60.5 Å². The zero-order valence-electron chi connectivity index (χ0n) is 23.1. The predicted molar refractivity (Wildman–Crippen MR) is 161 cm³/mol. The molecular weight excluding hydrogens is 576 g/mol. The summed E-state index contributed by atoms with van der Waals surface area (Å²) in [6.45, 7) is 1.68. The standard InChI is InChI=1S/C31H28N2O7S2/c1-4-40-31(35)26-25(20-11-9-13-22(18-20)39-3)27(42(36,37)23-14-6-5-7-15-23)28(32)33-29(34)24(41-30(26)33)17-19-10-8-12-21(16-19)38-2/h5-18,25H,4,32H2,1-3H3/b24-17-. The normalized spacial score (nSPS) is 15.4. The van der Waals surface area contributed by atoms with Gasteiger partial charge in [-0.25, -0.2) is 13.2 Å². The van der Waals surface area contributed by atoms with Crippen LogP contribution in [0.4, 0.5) is 0 Å². The number of benzene rings is 3. The number of nitrogens with two attached hydrogens (primary N) is 1. The molecule has 2 N–H and O–H groups in total. The Morgan fingerprint density at radius 2 is 1.64 bits per heavy atom. The summed E-state index contributed by atoms with van der Waals surface area (Å²) in [5, 5.41) is 0. The molecule has 0 aliphatic carbocycles. The highest BCUT2D eigenvalue weighted by molar-refractivity contribution is 7.95. The third-order valence-corrected chi connectivity index (χ3v) is 9.78. The quantitative estimate of drug-likeness (QED) is 0.304. The van der Waals surface area contributed by atoms with Crippen molar-refractivity contribution < 1.29 is 27.4 Å². The van der Waals surface area contributed by atoms with Crippen molar-refractivity contribution in [1.29, 1.82) is 0 Å². The average molecular weight is 605 g/mol. The van der Waals surface area contributed by atoms with Crippen LogP contribution in [0.2, 0.25) is 0 Å². The number of hydrogen-bond acceptors (Lipinski definition) is 9. The fourth-order valence-corrected chi connectivity index (χ4v) is 7.72. The summed E-state index contributed by atoms with van der Waals surface area (Å²) < 4.78 is 46.2. The summed E-state index contributed by atoms with van der Waals surface area (Å²) >= 11 is 1.03. The lowest BCUT2D eigenvalue weighted by Gasteiger charge is -2.28. The van der Waals surface area contributed by atoms with Gasteiger partial charge < -0.3 is 19.9 Å². The van der Waals surface area contributed by atoms with E-state index in [1.165, 1.54) is 26.4 Å². The van der Waals surface area contributed by atoms with Crippen LogP contribution in [0.3, 0.4) is 0 Å². The zero-order valence-corrected chi connectivity index (χ0v) is 24.7. The molecule has 9 nitrogen and oxygen atoms in total. The van der Waals surface area contributed by atoms with E-state index in [1.807, 2.05) is 0 Å². The van der Waals surface area contributed by atoms with Crippen molar-refractivity contribution in [3.05, 3.63) is 114 Å². The Bertz CT molecular complexity index is 1990.